The molecule has 0 radical (unpaired) electrons. The topological polar surface area (TPSA) is 73.9 Å². The van der Waals surface area contributed by atoms with E-state index in [2.05, 4.69) is 27.9 Å². The molecular weight excluding hydrogens is 380 g/mol. The molecule has 3 heterocycles. The van der Waals surface area contributed by atoms with E-state index in [1.165, 1.54) is 5.56 Å². The van der Waals surface area contributed by atoms with Crippen molar-refractivity contribution in [3.05, 3.63) is 35.9 Å². The molecular formula is C23H34N4O3. The maximum Gasteiger partial charge on any atom is 0.241 e. The second-order valence-corrected chi connectivity index (χ2v) is 8.61. The molecule has 2 amide bonds. The third-order valence-electron chi connectivity index (χ3n) is 6.59. The van der Waals surface area contributed by atoms with Crippen molar-refractivity contribution in [3.63, 3.8) is 0 Å². The van der Waals surface area contributed by atoms with Crippen LogP contribution in [0.4, 0.5) is 0 Å². The fraction of sp³-hybridized carbons (Fsp3) is 0.652. The van der Waals surface area contributed by atoms with Gasteiger partial charge in [0.05, 0.1) is 13.2 Å². The normalized spacial score (nSPS) is 27.3. The van der Waals surface area contributed by atoms with Crippen molar-refractivity contribution in [2.45, 2.75) is 63.1 Å². The average Bonchev–Trinajstić information content (AvgIpc) is 3.30. The highest BCUT2D eigenvalue weighted by Gasteiger charge is 2.40. The predicted octanol–water partition coefficient (Wildman–Crippen LogP) is 1.48. The van der Waals surface area contributed by atoms with Gasteiger partial charge >= 0.3 is 0 Å². The Kier molecular flexibility index (Phi) is 7.36. The number of hydrogen-bond donors (Lipinski definition) is 2. The molecule has 3 unspecified atom stereocenters. The molecule has 0 saturated carbocycles. The Hall–Kier alpha value is -1.96. The van der Waals surface area contributed by atoms with E-state index in [9.17, 15) is 9.59 Å². The Morgan fingerprint density at radius 3 is 2.63 bits per heavy atom. The molecule has 1 aromatic carbocycles. The van der Waals surface area contributed by atoms with Gasteiger partial charge in [-0.05, 0) is 44.1 Å². The lowest BCUT2D eigenvalue weighted by molar-refractivity contribution is -0.137. The second kappa shape index (κ2) is 10.4. The van der Waals surface area contributed by atoms with Crippen LogP contribution in [-0.4, -0.2) is 72.6 Å². The van der Waals surface area contributed by atoms with E-state index in [-0.39, 0.29) is 29.9 Å². The minimum absolute atomic E-state index is 0.123. The first kappa shape index (κ1) is 21.3. The molecule has 0 spiro atoms. The molecule has 7 nitrogen and oxygen atoms in total. The highest BCUT2D eigenvalue weighted by molar-refractivity contribution is 5.82. The van der Waals surface area contributed by atoms with Gasteiger partial charge < -0.3 is 14.5 Å². The monoisotopic (exact) mass is 414 g/mol. The van der Waals surface area contributed by atoms with Gasteiger partial charge in [0.25, 0.3) is 0 Å². The van der Waals surface area contributed by atoms with Crippen molar-refractivity contribution in [2.24, 2.45) is 0 Å². The van der Waals surface area contributed by atoms with E-state index in [0.29, 0.717) is 32.7 Å². The molecule has 30 heavy (non-hydrogen) atoms. The number of amides is 2. The standard InChI is InChI=1S/C23H34N4O3/c28-22(11-6-9-18-7-2-1-3-8-18)27-12-5-4-10-21(27)19-17-20(25-24-19)23(29)26-13-15-30-16-14-26/h1-3,7-8,19-21,24-25H,4-6,9-17H2. The highest BCUT2D eigenvalue weighted by Crippen LogP contribution is 2.25. The van der Waals surface area contributed by atoms with Gasteiger partial charge in [0, 0.05) is 38.1 Å². The summed E-state index contributed by atoms with van der Waals surface area (Å²) in [5.41, 5.74) is 7.83. The number of hydrogen-bond acceptors (Lipinski definition) is 5. The van der Waals surface area contributed by atoms with Gasteiger partial charge in [-0.25, -0.2) is 5.43 Å². The smallest absolute Gasteiger partial charge is 0.241 e. The van der Waals surface area contributed by atoms with E-state index in [1.54, 1.807) is 0 Å². The lowest BCUT2D eigenvalue weighted by Crippen LogP contribution is -2.53. The van der Waals surface area contributed by atoms with Gasteiger partial charge in [-0.1, -0.05) is 30.3 Å². The van der Waals surface area contributed by atoms with Crippen LogP contribution in [0.25, 0.3) is 0 Å². The maximum absolute atomic E-state index is 13.0. The Morgan fingerprint density at radius 1 is 1.03 bits per heavy atom. The molecule has 0 aromatic heterocycles. The number of ether oxygens (including phenoxy) is 1. The Bertz CT molecular complexity index is 708. The second-order valence-electron chi connectivity index (χ2n) is 8.61. The van der Waals surface area contributed by atoms with E-state index in [4.69, 9.17) is 4.74 Å². The van der Waals surface area contributed by atoms with Crippen LogP contribution in [0.15, 0.2) is 30.3 Å². The molecule has 3 fully saturated rings. The summed E-state index contributed by atoms with van der Waals surface area (Å²) >= 11 is 0. The first-order valence-corrected chi connectivity index (χ1v) is 11.4. The quantitative estimate of drug-likeness (QED) is 0.738. The van der Waals surface area contributed by atoms with E-state index >= 15 is 0 Å². The van der Waals surface area contributed by atoms with Crippen LogP contribution in [0.3, 0.4) is 0 Å². The van der Waals surface area contributed by atoms with Crippen LogP contribution in [0.2, 0.25) is 0 Å². The number of nitrogens with one attached hydrogen (secondary N) is 2. The molecule has 3 aliphatic rings. The molecule has 3 atom stereocenters. The van der Waals surface area contributed by atoms with E-state index in [1.807, 2.05) is 23.1 Å². The number of aryl methyl sites for hydroxylation is 1. The summed E-state index contributed by atoms with van der Waals surface area (Å²) in [6.45, 7) is 3.38. The van der Waals surface area contributed by atoms with Crippen molar-refractivity contribution in [1.82, 2.24) is 20.7 Å². The van der Waals surface area contributed by atoms with E-state index < -0.39 is 0 Å². The number of nitrogens with zero attached hydrogens (tertiary/aromatic N) is 2. The van der Waals surface area contributed by atoms with Gasteiger partial charge in [-0.3, -0.25) is 15.0 Å². The Labute approximate surface area is 179 Å². The maximum atomic E-state index is 13.0. The minimum Gasteiger partial charge on any atom is -0.378 e. The third-order valence-corrected chi connectivity index (χ3v) is 6.59. The number of benzene rings is 1. The van der Waals surface area contributed by atoms with Gasteiger partial charge in [-0.15, -0.1) is 0 Å². The fourth-order valence-corrected chi connectivity index (χ4v) is 4.92. The number of carbonyl (C=O) groups excluding carboxylic acids is 2. The number of piperidine rings is 1. The van der Waals surface area contributed by atoms with Gasteiger partial charge in [-0.2, -0.15) is 0 Å². The summed E-state index contributed by atoms with van der Waals surface area (Å²) in [7, 11) is 0. The zero-order chi connectivity index (χ0) is 20.8. The molecule has 4 rings (SSSR count). The highest BCUT2D eigenvalue weighted by atomic mass is 16.5. The van der Waals surface area contributed by atoms with Crippen LogP contribution in [0.1, 0.15) is 44.1 Å². The Morgan fingerprint density at radius 2 is 1.83 bits per heavy atom. The molecule has 7 heteroatoms. The largest absolute Gasteiger partial charge is 0.378 e. The molecule has 3 saturated heterocycles. The SMILES string of the molecule is O=C(C1CC(C2CCCCN2C(=O)CCCc2ccccc2)NN1)N1CCOCC1. The summed E-state index contributed by atoms with van der Waals surface area (Å²) in [4.78, 5) is 29.8. The molecule has 3 aliphatic heterocycles. The van der Waals surface area contributed by atoms with Crippen molar-refractivity contribution >= 4 is 11.8 Å². The van der Waals surface area contributed by atoms with Crippen molar-refractivity contribution in [2.75, 3.05) is 32.8 Å². The predicted molar refractivity (Wildman–Crippen MR) is 115 cm³/mol. The number of carbonyl (C=O) groups is 2. The molecule has 1 aromatic rings. The molecule has 2 N–H and O–H groups in total. The summed E-state index contributed by atoms with van der Waals surface area (Å²) < 4.78 is 5.36. The first-order chi connectivity index (χ1) is 14.7. The van der Waals surface area contributed by atoms with Gasteiger partial charge in [0.2, 0.25) is 11.8 Å². The van der Waals surface area contributed by atoms with Crippen molar-refractivity contribution in [1.29, 1.82) is 0 Å². The first-order valence-electron chi connectivity index (χ1n) is 11.4. The van der Waals surface area contributed by atoms with Crippen molar-refractivity contribution in [3.8, 4) is 0 Å². The molecule has 0 bridgehead atoms. The zero-order valence-corrected chi connectivity index (χ0v) is 17.7. The number of likely N-dealkylation sites (tertiary alicyclic amines) is 1. The van der Waals surface area contributed by atoms with E-state index in [0.717, 1.165) is 45.1 Å². The van der Waals surface area contributed by atoms with Crippen LogP contribution in [0.5, 0.6) is 0 Å². The average molecular weight is 415 g/mol. The number of hydrazine groups is 1. The Balaban J connectivity index is 1.29. The summed E-state index contributed by atoms with van der Waals surface area (Å²) in [6.07, 6.45) is 6.33. The van der Waals surface area contributed by atoms with Gasteiger partial charge in [0.1, 0.15) is 6.04 Å². The van der Waals surface area contributed by atoms with Gasteiger partial charge in [0.15, 0.2) is 0 Å². The summed E-state index contributed by atoms with van der Waals surface area (Å²) in [5.74, 6) is 0.394. The van der Waals surface area contributed by atoms with Crippen LogP contribution in [-0.2, 0) is 20.7 Å². The summed E-state index contributed by atoms with van der Waals surface area (Å²) in [6, 6.07) is 10.4. The fourth-order valence-electron chi connectivity index (χ4n) is 4.92. The third kappa shape index (κ3) is 5.20. The van der Waals surface area contributed by atoms with Crippen LogP contribution < -0.4 is 10.9 Å². The van der Waals surface area contributed by atoms with Crippen molar-refractivity contribution < 1.29 is 14.3 Å². The lowest BCUT2D eigenvalue weighted by Gasteiger charge is -2.39. The van der Waals surface area contributed by atoms with Crippen LogP contribution >= 0.6 is 0 Å². The molecule has 0 aliphatic carbocycles. The minimum atomic E-state index is -0.218. The van der Waals surface area contributed by atoms with Crippen LogP contribution in [0, 0.1) is 0 Å². The number of rotatable bonds is 6. The summed E-state index contributed by atoms with van der Waals surface area (Å²) in [5, 5.41) is 0. The lowest BCUT2D eigenvalue weighted by atomic mass is 9.92. The zero-order valence-electron chi connectivity index (χ0n) is 17.7. The molecule has 164 valence electrons. The number of morpholine rings is 1.